The van der Waals surface area contributed by atoms with Gasteiger partial charge in [0.05, 0.1) is 21.7 Å². The number of nitrogens with zero attached hydrogens (tertiary/aromatic N) is 1. The molecule has 0 aliphatic heterocycles. The Morgan fingerprint density at radius 2 is 1.46 bits per heavy atom. The van der Waals surface area contributed by atoms with Crippen LogP contribution in [-0.4, -0.2) is 19.3 Å². The Bertz CT molecular complexity index is 1670. The lowest BCUT2D eigenvalue weighted by molar-refractivity contribution is 0.102. The summed E-state index contributed by atoms with van der Waals surface area (Å²) in [4.78, 5) is 18.1. The van der Waals surface area contributed by atoms with E-state index in [1.165, 1.54) is 12.1 Å². The highest BCUT2D eigenvalue weighted by molar-refractivity contribution is 7.92. The molecular formula is C30H27N3O3S. The summed E-state index contributed by atoms with van der Waals surface area (Å²) in [7, 11) is -3.76. The number of carbonyl (C=O) groups is 1. The average molecular weight is 510 g/mol. The number of rotatable bonds is 6. The van der Waals surface area contributed by atoms with Crippen LogP contribution < -0.4 is 10.0 Å². The SMILES string of the molecule is C.Cc1cccc(NS(=O)(=O)c2ccc(NC(=O)c3cc(-c4ccccc4)nc4ccccc34)cc2)c1. The molecule has 0 bridgehead atoms. The third-order valence-corrected chi connectivity index (χ3v) is 7.12. The Hall–Kier alpha value is -4.49. The number of hydrogen-bond donors (Lipinski definition) is 2. The van der Waals surface area contributed by atoms with Crippen LogP contribution in [0.15, 0.2) is 114 Å². The molecule has 0 aliphatic carbocycles. The van der Waals surface area contributed by atoms with E-state index in [9.17, 15) is 13.2 Å². The molecule has 0 spiro atoms. The zero-order chi connectivity index (χ0) is 25.1. The molecule has 186 valence electrons. The largest absolute Gasteiger partial charge is 0.322 e. The number of aryl methyl sites for hydroxylation is 1. The fourth-order valence-corrected chi connectivity index (χ4v) is 5.01. The molecule has 5 rings (SSSR count). The molecular weight excluding hydrogens is 482 g/mol. The fraction of sp³-hybridized carbons (Fsp3) is 0.0667. The number of sulfonamides is 1. The first-order chi connectivity index (χ1) is 17.4. The molecule has 0 atom stereocenters. The van der Waals surface area contributed by atoms with Crippen molar-refractivity contribution in [2.45, 2.75) is 19.2 Å². The van der Waals surface area contributed by atoms with Gasteiger partial charge in [-0.05, 0) is 61.0 Å². The Labute approximate surface area is 217 Å². The van der Waals surface area contributed by atoms with Crippen molar-refractivity contribution >= 4 is 38.2 Å². The normalized spacial score (nSPS) is 10.9. The minimum Gasteiger partial charge on any atom is -0.322 e. The van der Waals surface area contributed by atoms with E-state index in [4.69, 9.17) is 4.98 Å². The van der Waals surface area contributed by atoms with Crippen molar-refractivity contribution in [2.75, 3.05) is 10.0 Å². The fourth-order valence-electron chi connectivity index (χ4n) is 3.96. The lowest BCUT2D eigenvalue weighted by Crippen LogP contribution is -2.15. The van der Waals surface area contributed by atoms with Gasteiger partial charge >= 0.3 is 0 Å². The van der Waals surface area contributed by atoms with E-state index in [0.29, 0.717) is 28.1 Å². The summed E-state index contributed by atoms with van der Waals surface area (Å²) in [6.07, 6.45) is 0. The van der Waals surface area contributed by atoms with E-state index in [0.717, 1.165) is 16.5 Å². The summed E-state index contributed by atoms with van der Waals surface area (Å²) in [6, 6.07) is 32.2. The van der Waals surface area contributed by atoms with Gasteiger partial charge in [0.2, 0.25) is 0 Å². The number of nitrogens with one attached hydrogen (secondary N) is 2. The van der Waals surface area contributed by atoms with Crippen molar-refractivity contribution in [3.05, 3.63) is 120 Å². The van der Waals surface area contributed by atoms with E-state index >= 15 is 0 Å². The Morgan fingerprint density at radius 1 is 0.757 bits per heavy atom. The molecule has 2 N–H and O–H groups in total. The van der Waals surface area contributed by atoms with Gasteiger partial charge in [0.15, 0.2) is 0 Å². The minimum atomic E-state index is -3.76. The summed E-state index contributed by atoms with van der Waals surface area (Å²) in [5, 5.41) is 3.62. The number of carbonyl (C=O) groups excluding carboxylic acids is 1. The van der Waals surface area contributed by atoms with Gasteiger partial charge in [-0.2, -0.15) is 0 Å². The third kappa shape index (κ3) is 5.68. The topological polar surface area (TPSA) is 88.2 Å². The van der Waals surface area contributed by atoms with Gasteiger partial charge < -0.3 is 5.32 Å². The van der Waals surface area contributed by atoms with Crippen LogP contribution in [0.5, 0.6) is 0 Å². The van der Waals surface area contributed by atoms with Gasteiger partial charge in [-0.15, -0.1) is 0 Å². The zero-order valence-corrected chi connectivity index (χ0v) is 20.3. The molecule has 0 fully saturated rings. The monoisotopic (exact) mass is 509 g/mol. The van der Waals surface area contributed by atoms with Crippen LogP contribution in [0.25, 0.3) is 22.2 Å². The van der Waals surface area contributed by atoms with Gasteiger partial charge in [-0.25, -0.2) is 13.4 Å². The molecule has 4 aromatic carbocycles. The van der Waals surface area contributed by atoms with E-state index < -0.39 is 10.0 Å². The zero-order valence-electron chi connectivity index (χ0n) is 19.5. The summed E-state index contributed by atoms with van der Waals surface area (Å²) in [5.74, 6) is -0.306. The Balaban J connectivity index is 0.00000320. The molecule has 37 heavy (non-hydrogen) atoms. The van der Waals surface area contributed by atoms with Crippen molar-refractivity contribution in [3.63, 3.8) is 0 Å². The molecule has 1 heterocycles. The average Bonchev–Trinajstić information content (AvgIpc) is 2.88. The first-order valence-electron chi connectivity index (χ1n) is 11.4. The Morgan fingerprint density at radius 3 is 2.19 bits per heavy atom. The van der Waals surface area contributed by atoms with Gasteiger partial charge in [-0.1, -0.05) is 68.1 Å². The maximum absolute atomic E-state index is 13.3. The Kier molecular flexibility index (Phi) is 7.36. The smallest absolute Gasteiger partial charge is 0.261 e. The molecule has 0 saturated heterocycles. The van der Waals surface area contributed by atoms with E-state index in [2.05, 4.69) is 10.0 Å². The molecule has 1 aromatic heterocycles. The second-order valence-corrected chi connectivity index (χ2v) is 10.1. The first-order valence-corrected chi connectivity index (χ1v) is 12.8. The van der Waals surface area contributed by atoms with E-state index in [1.807, 2.05) is 67.6 Å². The molecule has 0 radical (unpaired) electrons. The maximum Gasteiger partial charge on any atom is 0.261 e. The van der Waals surface area contributed by atoms with Gasteiger partial charge in [0, 0.05) is 22.3 Å². The predicted molar refractivity (Wildman–Crippen MR) is 150 cm³/mol. The van der Waals surface area contributed by atoms with Crippen LogP contribution in [0, 0.1) is 6.92 Å². The molecule has 5 aromatic rings. The predicted octanol–water partition coefficient (Wildman–Crippen LogP) is 6.90. The summed E-state index contributed by atoms with van der Waals surface area (Å²) >= 11 is 0. The molecule has 7 heteroatoms. The highest BCUT2D eigenvalue weighted by atomic mass is 32.2. The first kappa shape index (κ1) is 25.6. The number of pyridine rings is 1. The number of fused-ring (bicyclic) bond motifs is 1. The number of anilines is 2. The third-order valence-electron chi connectivity index (χ3n) is 5.72. The number of hydrogen-bond acceptors (Lipinski definition) is 4. The van der Waals surface area contributed by atoms with Crippen molar-refractivity contribution < 1.29 is 13.2 Å². The minimum absolute atomic E-state index is 0. The van der Waals surface area contributed by atoms with E-state index in [1.54, 1.807) is 36.4 Å². The quantitative estimate of drug-likeness (QED) is 0.261. The lowest BCUT2D eigenvalue weighted by Gasteiger charge is -2.12. The van der Waals surface area contributed by atoms with Crippen molar-refractivity contribution in [1.82, 2.24) is 4.98 Å². The van der Waals surface area contributed by atoms with Crippen LogP contribution in [0.4, 0.5) is 11.4 Å². The number of aromatic nitrogens is 1. The summed E-state index contributed by atoms with van der Waals surface area (Å²) < 4.78 is 28.1. The van der Waals surface area contributed by atoms with Crippen molar-refractivity contribution in [2.24, 2.45) is 0 Å². The molecule has 0 saturated carbocycles. The molecule has 6 nitrogen and oxygen atoms in total. The van der Waals surface area contributed by atoms with Gasteiger partial charge in [-0.3, -0.25) is 9.52 Å². The standard InChI is InChI=1S/C29H23N3O3S.CH4/c1-20-8-7-11-23(18-20)32-36(34,35)24-16-14-22(15-17-24)30-29(33)26-19-28(21-9-3-2-4-10-21)31-27-13-6-5-12-25(26)27;/h2-19,32H,1H3,(H,30,33);1H4. The van der Waals surface area contributed by atoms with Gasteiger partial charge in [0.1, 0.15) is 0 Å². The maximum atomic E-state index is 13.3. The molecule has 0 aliphatic rings. The van der Waals surface area contributed by atoms with Crippen LogP contribution >= 0.6 is 0 Å². The molecule has 1 amide bonds. The number of amides is 1. The summed E-state index contributed by atoms with van der Waals surface area (Å²) in [6.45, 7) is 1.89. The second-order valence-electron chi connectivity index (χ2n) is 8.39. The van der Waals surface area contributed by atoms with E-state index in [-0.39, 0.29) is 18.2 Å². The van der Waals surface area contributed by atoms with Crippen molar-refractivity contribution in [1.29, 1.82) is 0 Å². The highest BCUT2D eigenvalue weighted by Gasteiger charge is 2.17. The van der Waals surface area contributed by atoms with Crippen LogP contribution in [0.2, 0.25) is 0 Å². The molecule has 0 unspecified atom stereocenters. The van der Waals surface area contributed by atoms with Gasteiger partial charge in [0.25, 0.3) is 15.9 Å². The van der Waals surface area contributed by atoms with Crippen molar-refractivity contribution in [3.8, 4) is 11.3 Å². The number of benzene rings is 4. The summed E-state index contributed by atoms with van der Waals surface area (Å²) in [5.41, 5.74) is 4.73. The number of para-hydroxylation sites is 1. The highest BCUT2D eigenvalue weighted by Crippen LogP contribution is 2.26. The lowest BCUT2D eigenvalue weighted by atomic mass is 10.0. The van der Waals surface area contributed by atoms with Crippen LogP contribution in [0.1, 0.15) is 23.3 Å². The van der Waals surface area contributed by atoms with Crippen LogP contribution in [0.3, 0.4) is 0 Å². The second kappa shape index (κ2) is 10.6. The van der Waals surface area contributed by atoms with Crippen LogP contribution in [-0.2, 0) is 10.0 Å².